The van der Waals surface area contributed by atoms with Crippen LogP contribution in [-0.2, 0) is 13.1 Å². The van der Waals surface area contributed by atoms with Gasteiger partial charge in [-0.2, -0.15) is 0 Å². The van der Waals surface area contributed by atoms with E-state index in [9.17, 15) is 4.79 Å². The molecule has 26 heavy (non-hydrogen) atoms. The highest BCUT2D eigenvalue weighted by molar-refractivity contribution is 6.31. The molecule has 0 aliphatic rings. The van der Waals surface area contributed by atoms with Gasteiger partial charge in [-0.05, 0) is 43.3 Å². The second-order valence-corrected chi connectivity index (χ2v) is 6.50. The first kappa shape index (κ1) is 18.4. The van der Waals surface area contributed by atoms with Gasteiger partial charge in [-0.15, -0.1) is 0 Å². The van der Waals surface area contributed by atoms with Gasteiger partial charge in [0.2, 0.25) is 0 Å². The molecule has 138 valence electrons. The van der Waals surface area contributed by atoms with Crippen molar-refractivity contribution >= 4 is 22.7 Å². The second kappa shape index (κ2) is 7.85. The Labute approximate surface area is 156 Å². The van der Waals surface area contributed by atoms with E-state index in [1.165, 1.54) is 0 Å². The van der Waals surface area contributed by atoms with E-state index in [1.54, 1.807) is 37.0 Å². The Morgan fingerprint density at radius 3 is 2.62 bits per heavy atom. The molecule has 0 spiro atoms. The lowest BCUT2D eigenvalue weighted by Crippen LogP contribution is -2.29. The highest BCUT2D eigenvalue weighted by Crippen LogP contribution is 2.27. The molecule has 1 aromatic heterocycles. The van der Waals surface area contributed by atoms with Gasteiger partial charge in [-0.1, -0.05) is 17.7 Å². The van der Waals surface area contributed by atoms with Gasteiger partial charge in [0.1, 0.15) is 0 Å². The third kappa shape index (κ3) is 3.86. The Morgan fingerprint density at radius 2 is 1.88 bits per heavy atom. The minimum absolute atomic E-state index is 0.389. The zero-order valence-corrected chi connectivity index (χ0v) is 15.7. The molecule has 0 atom stereocenters. The van der Waals surface area contributed by atoms with E-state index in [0.29, 0.717) is 28.8 Å². The molecular formula is C19H21ClN2O4. The smallest absolute Gasteiger partial charge is 0.421 e. The molecule has 0 bridgehead atoms. The predicted octanol–water partition coefficient (Wildman–Crippen LogP) is 3.40. The maximum Gasteiger partial charge on any atom is 0.421 e. The summed E-state index contributed by atoms with van der Waals surface area (Å²) in [7, 11) is 5.20. The van der Waals surface area contributed by atoms with E-state index in [4.69, 9.17) is 25.5 Å². The van der Waals surface area contributed by atoms with Gasteiger partial charge < -0.3 is 13.9 Å². The van der Waals surface area contributed by atoms with Crippen LogP contribution in [0.5, 0.6) is 11.5 Å². The number of likely N-dealkylation sites (N-methyl/N-ethyl adjacent to an activating group) is 1. The molecule has 1 heterocycles. The first-order valence-corrected chi connectivity index (χ1v) is 8.58. The quantitative estimate of drug-likeness (QED) is 0.632. The number of rotatable bonds is 7. The number of oxazole rings is 1. The lowest BCUT2D eigenvalue weighted by molar-refractivity contribution is 0.264. The molecule has 2 aromatic carbocycles. The van der Waals surface area contributed by atoms with Gasteiger partial charge in [0, 0.05) is 17.6 Å². The summed E-state index contributed by atoms with van der Waals surface area (Å²) in [5.74, 6) is 1.03. The van der Waals surface area contributed by atoms with Gasteiger partial charge in [0.25, 0.3) is 0 Å². The number of fused-ring (bicyclic) bond motifs is 1. The number of hydrogen-bond acceptors (Lipinski definition) is 5. The Bertz CT molecular complexity index is 964. The molecule has 3 rings (SSSR count). The lowest BCUT2D eigenvalue weighted by Gasteiger charge is -2.17. The van der Waals surface area contributed by atoms with Crippen LogP contribution in [0.4, 0.5) is 0 Å². The number of benzene rings is 2. The van der Waals surface area contributed by atoms with Crippen LogP contribution < -0.4 is 15.2 Å². The third-order valence-electron chi connectivity index (χ3n) is 4.24. The van der Waals surface area contributed by atoms with Gasteiger partial charge >= 0.3 is 5.76 Å². The maximum atomic E-state index is 12.1. The minimum atomic E-state index is -0.389. The minimum Gasteiger partial charge on any atom is -0.493 e. The fourth-order valence-corrected chi connectivity index (χ4v) is 3.00. The average Bonchev–Trinajstić information content (AvgIpc) is 2.94. The summed E-state index contributed by atoms with van der Waals surface area (Å²) in [5.41, 5.74) is 2.36. The SMILES string of the molecule is COc1ccc(CCN(C)Cn2c(=O)oc3cc(Cl)ccc32)cc1OC. The van der Waals surface area contributed by atoms with Crippen LogP contribution >= 0.6 is 11.6 Å². The number of methoxy groups -OCH3 is 2. The zero-order valence-electron chi connectivity index (χ0n) is 15.0. The molecule has 0 N–H and O–H groups in total. The van der Waals surface area contributed by atoms with Crippen molar-refractivity contribution in [2.75, 3.05) is 27.8 Å². The monoisotopic (exact) mass is 376 g/mol. The fraction of sp³-hybridized carbons (Fsp3) is 0.316. The number of aromatic nitrogens is 1. The molecule has 0 fully saturated rings. The first-order chi connectivity index (χ1) is 12.5. The summed E-state index contributed by atoms with van der Waals surface area (Å²) in [6.45, 7) is 1.20. The van der Waals surface area contributed by atoms with Crippen LogP contribution in [-0.4, -0.2) is 37.3 Å². The van der Waals surface area contributed by atoms with Crippen LogP contribution in [0.25, 0.3) is 11.1 Å². The molecule has 0 saturated heterocycles. The van der Waals surface area contributed by atoms with Crippen LogP contribution in [0.1, 0.15) is 5.56 Å². The molecular weight excluding hydrogens is 356 g/mol. The van der Waals surface area contributed by atoms with Crippen LogP contribution in [0, 0.1) is 0 Å². The summed E-state index contributed by atoms with van der Waals surface area (Å²) < 4.78 is 17.5. The third-order valence-corrected chi connectivity index (χ3v) is 4.48. The van der Waals surface area contributed by atoms with E-state index in [-0.39, 0.29) is 5.76 Å². The standard InChI is InChI=1S/C19H21ClN2O4/c1-21(9-8-13-4-7-16(24-2)18(10-13)25-3)12-22-15-6-5-14(20)11-17(15)26-19(22)23/h4-7,10-11H,8-9,12H2,1-3H3. The van der Waals surface area contributed by atoms with Crippen molar-refractivity contribution in [3.05, 3.63) is 57.5 Å². The van der Waals surface area contributed by atoms with Crippen molar-refractivity contribution in [3.63, 3.8) is 0 Å². The van der Waals surface area contributed by atoms with Crippen molar-refractivity contribution in [3.8, 4) is 11.5 Å². The molecule has 7 heteroatoms. The molecule has 6 nitrogen and oxygen atoms in total. The summed E-state index contributed by atoms with van der Waals surface area (Å²) in [4.78, 5) is 14.2. The summed E-state index contributed by atoms with van der Waals surface area (Å²) >= 11 is 5.95. The van der Waals surface area contributed by atoms with E-state index in [1.807, 2.05) is 25.2 Å². The summed E-state index contributed by atoms with van der Waals surface area (Å²) in [6, 6.07) is 11.1. The summed E-state index contributed by atoms with van der Waals surface area (Å²) in [5, 5.41) is 0.542. The Morgan fingerprint density at radius 1 is 1.12 bits per heavy atom. The van der Waals surface area contributed by atoms with Crippen molar-refractivity contribution in [2.45, 2.75) is 13.1 Å². The van der Waals surface area contributed by atoms with Crippen molar-refractivity contribution < 1.29 is 13.9 Å². The number of nitrogens with zero attached hydrogens (tertiary/aromatic N) is 2. The molecule has 0 aliphatic heterocycles. The maximum absolute atomic E-state index is 12.1. The molecule has 0 aliphatic carbocycles. The number of hydrogen-bond donors (Lipinski definition) is 0. The second-order valence-electron chi connectivity index (χ2n) is 6.07. The molecule has 0 radical (unpaired) electrons. The largest absolute Gasteiger partial charge is 0.493 e. The van der Waals surface area contributed by atoms with E-state index < -0.39 is 0 Å². The number of ether oxygens (including phenoxy) is 2. The average molecular weight is 377 g/mol. The first-order valence-electron chi connectivity index (χ1n) is 8.20. The molecule has 0 unspecified atom stereocenters. The van der Waals surface area contributed by atoms with Gasteiger partial charge in [0.05, 0.1) is 26.4 Å². The zero-order chi connectivity index (χ0) is 18.7. The lowest BCUT2D eigenvalue weighted by atomic mass is 10.1. The molecule has 0 amide bonds. The highest BCUT2D eigenvalue weighted by Gasteiger charge is 2.12. The van der Waals surface area contributed by atoms with Crippen LogP contribution in [0.3, 0.4) is 0 Å². The van der Waals surface area contributed by atoms with E-state index in [2.05, 4.69) is 4.90 Å². The summed E-state index contributed by atoms with van der Waals surface area (Å²) in [6.07, 6.45) is 0.813. The Hall–Kier alpha value is -2.44. The van der Waals surface area contributed by atoms with Gasteiger partial charge in [-0.25, -0.2) is 4.79 Å². The Balaban J connectivity index is 1.69. The van der Waals surface area contributed by atoms with E-state index in [0.717, 1.165) is 24.0 Å². The van der Waals surface area contributed by atoms with E-state index >= 15 is 0 Å². The highest BCUT2D eigenvalue weighted by atomic mass is 35.5. The fourth-order valence-electron chi connectivity index (χ4n) is 2.84. The number of halogens is 1. The molecule has 0 saturated carbocycles. The van der Waals surface area contributed by atoms with Crippen molar-refractivity contribution in [1.82, 2.24) is 9.47 Å². The van der Waals surface area contributed by atoms with Crippen molar-refractivity contribution in [2.24, 2.45) is 0 Å². The normalized spacial score (nSPS) is 11.3. The van der Waals surface area contributed by atoms with Crippen molar-refractivity contribution in [1.29, 1.82) is 0 Å². The van der Waals surface area contributed by atoms with Crippen LogP contribution in [0.2, 0.25) is 5.02 Å². The van der Waals surface area contributed by atoms with Gasteiger partial charge in [-0.3, -0.25) is 9.47 Å². The Kier molecular flexibility index (Phi) is 5.54. The topological polar surface area (TPSA) is 56.8 Å². The molecule has 3 aromatic rings. The van der Waals surface area contributed by atoms with Gasteiger partial charge in [0.15, 0.2) is 17.1 Å². The predicted molar refractivity (Wildman–Crippen MR) is 101 cm³/mol. The van der Waals surface area contributed by atoms with Crippen LogP contribution in [0.15, 0.2) is 45.6 Å².